The third-order valence-corrected chi connectivity index (χ3v) is 4.95. The predicted molar refractivity (Wildman–Crippen MR) is 97.7 cm³/mol. The molecule has 0 N–H and O–H groups in total. The molecule has 0 spiro atoms. The van der Waals surface area contributed by atoms with E-state index in [2.05, 4.69) is 59.9 Å². The van der Waals surface area contributed by atoms with E-state index >= 15 is 0 Å². The molecule has 0 saturated carbocycles. The molecule has 0 bridgehead atoms. The van der Waals surface area contributed by atoms with Gasteiger partial charge in [0.2, 0.25) is 0 Å². The molecule has 6 nitrogen and oxygen atoms in total. The Morgan fingerprint density at radius 3 is 1.08 bits per heavy atom. The van der Waals surface area contributed by atoms with Gasteiger partial charge in [-0.1, -0.05) is 0 Å². The lowest BCUT2D eigenvalue weighted by molar-refractivity contribution is 0.150. The molecule has 2 unspecified atom stereocenters. The quantitative estimate of drug-likeness (QED) is 0.637. The molecule has 0 radical (unpaired) electrons. The lowest BCUT2D eigenvalue weighted by Crippen LogP contribution is -2.45. The molecular formula is C18H34N6. The fourth-order valence-corrected chi connectivity index (χ4v) is 2.42. The summed E-state index contributed by atoms with van der Waals surface area (Å²) in [5.74, 6) is 0. The summed E-state index contributed by atoms with van der Waals surface area (Å²) >= 11 is 0. The van der Waals surface area contributed by atoms with Gasteiger partial charge in [-0.15, -0.1) is 0 Å². The molecule has 0 aromatic rings. The second-order valence-corrected chi connectivity index (χ2v) is 8.74. The topological polar surface area (TPSA) is 78.8 Å². The Balaban J connectivity index is 5.50. The first kappa shape index (κ1) is 22.5. The Bertz CT molecular complexity index is 487. The van der Waals surface area contributed by atoms with Crippen LogP contribution < -0.4 is 0 Å². The van der Waals surface area contributed by atoms with Gasteiger partial charge in [0.1, 0.15) is 0 Å². The van der Waals surface area contributed by atoms with Crippen LogP contribution in [0.2, 0.25) is 0 Å². The van der Waals surface area contributed by atoms with Crippen molar-refractivity contribution in [1.82, 2.24) is 9.80 Å². The molecule has 24 heavy (non-hydrogen) atoms. The third-order valence-electron chi connectivity index (χ3n) is 4.95. The predicted octanol–water partition coefficient (Wildman–Crippen LogP) is 3.46. The second kappa shape index (κ2) is 7.59. The molecule has 0 saturated heterocycles. The van der Waals surface area contributed by atoms with Crippen LogP contribution in [0.3, 0.4) is 0 Å². The first-order valence-corrected chi connectivity index (χ1v) is 8.24. The van der Waals surface area contributed by atoms with Crippen molar-refractivity contribution in [3.8, 4) is 12.1 Å². The number of hydrogen-bond acceptors (Lipinski definition) is 6. The maximum atomic E-state index is 9.61. The Kier molecular flexibility index (Phi) is 7.12. The zero-order valence-corrected chi connectivity index (χ0v) is 17.1. The van der Waals surface area contributed by atoms with E-state index in [1.807, 2.05) is 28.2 Å². The monoisotopic (exact) mass is 334 g/mol. The molecule has 136 valence electrons. The van der Waals surface area contributed by atoms with Gasteiger partial charge in [-0.05, 0) is 69.7 Å². The number of azo groups is 1. The molecule has 0 rings (SSSR count). The van der Waals surface area contributed by atoms with Crippen LogP contribution in [-0.2, 0) is 0 Å². The Morgan fingerprint density at radius 2 is 0.917 bits per heavy atom. The van der Waals surface area contributed by atoms with E-state index in [0.29, 0.717) is 12.8 Å². The van der Waals surface area contributed by atoms with Gasteiger partial charge in [0.15, 0.2) is 11.1 Å². The highest BCUT2D eigenvalue weighted by molar-refractivity contribution is 5.11. The van der Waals surface area contributed by atoms with Crippen LogP contribution >= 0.6 is 0 Å². The molecule has 0 aliphatic rings. The minimum Gasteiger partial charge on any atom is -0.304 e. The van der Waals surface area contributed by atoms with E-state index in [1.165, 1.54) is 0 Å². The Hall–Kier alpha value is -1.50. The zero-order chi connectivity index (χ0) is 19.4. The summed E-state index contributed by atoms with van der Waals surface area (Å²) in [5.41, 5.74) is -2.33. The maximum absolute atomic E-state index is 9.61. The van der Waals surface area contributed by atoms with Crippen LogP contribution in [-0.4, -0.2) is 60.1 Å². The normalized spacial score (nSPS) is 18.2. The average Bonchev–Trinajstić information content (AvgIpc) is 2.44. The van der Waals surface area contributed by atoms with Crippen LogP contribution in [0.5, 0.6) is 0 Å². The molecule has 0 aliphatic carbocycles. The van der Waals surface area contributed by atoms with Gasteiger partial charge in [0.25, 0.3) is 0 Å². The first-order chi connectivity index (χ1) is 10.6. The van der Waals surface area contributed by atoms with Crippen LogP contribution in [0.1, 0.15) is 54.4 Å². The number of rotatable bonds is 8. The van der Waals surface area contributed by atoms with Gasteiger partial charge in [-0.25, -0.2) is 0 Å². The maximum Gasteiger partial charge on any atom is 0.166 e. The van der Waals surface area contributed by atoms with Crippen molar-refractivity contribution in [2.45, 2.75) is 76.5 Å². The number of hydrogen-bond donors (Lipinski definition) is 0. The number of nitriles is 2. The molecular weight excluding hydrogens is 300 g/mol. The van der Waals surface area contributed by atoms with E-state index in [0.717, 1.165) is 0 Å². The van der Waals surface area contributed by atoms with Gasteiger partial charge in [0.05, 0.1) is 12.1 Å². The van der Waals surface area contributed by atoms with Crippen molar-refractivity contribution in [3.63, 3.8) is 0 Å². The summed E-state index contributed by atoms with van der Waals surface area (Å²) in [6.45, 7) is 11.8. The fraction of sp³-hybridized carbons (Fsp3) is 0.889. The second-order valence-electron chi connectivity index (χ2n) is 8.74. The molecule has 0 aromatic heterocycles. The highest BCUT2D eigenvalue weighted by atomic mass is 15.2. The molecule has 2 atom stereocenters. The molecule has 0 aliphatic heterocycles. The average molecular weight is 335 g/mol. The zero-order valence-electron chi connectivity index (χ0n) is 17.1. The van der Waals surface area contributed by atoms with E-state index in [-0.39, 0.29) is 11.1 Å². The summed E-state index contributed by atoms with van der Waals surface area (Å²) < 4.78 is 0. The molecule has 0 fully saturated rings. The minimum absolute atomic E-state index is 0.199. The van der Waals surface area contributed by atoms with Crippen molar-refractivity contribution >= 4 is 0 Å². The van der Waals surface area contributed by atoms with Gasteiger partial charge in [0, 0.05) is 23.9 Å². The SMILES string of the molecule is CN(C)C(C)(C)CC(C)(C#N)N=NC(C)(C#N)CC(C)(C)N(C)C. The summed E-state index contributed by atoms with van der Waals surface area (Å²) in [6, 6.07) is 4.53. The Labute approximate surface area is 148 Å². The summed E-state index contributed by atoms with van der Waals surface area (Å²) in [5, 5.41) is 27.9. The lowest BCUT2D eigenvalue weighted by Gasteiger charge is -2.37. The van der Waals surface area contributed by atoms with Gasteiger partial charge < -0.3 is 9.80 Å². The molecule has 6 heteroatoms. The Morgan fingerprint density at radius 1 is 0.667 bits per heavy atom. The largest absolute Gasteiger partial charge is 0.304 e. The van der Waals surface area contributed by atoms with Crippen LogP contribution in [0.25, 0.3) is 0 Å². The lowest BCUT2D eigenvalue weighted by atomic mass is 9.85. The molecule has 0 aromatic carbocycles. The summed E-state index contributed by atoms with van der Waals surface area (Å²) in [4.78, 5) is 4.13. The highest BCUT2D eigenvalue weighted by Crippen LogP contribution is 2.31. The van der Waals surface area contributed by atoms with E-state index < -0.39 is 11.1 Å². The third kappa shape index (κ3) is 6.19. The van der Waals surface area contributed by atoms with Gasteiger partial charge >= 0.3 is 0 Å². The van der Waals surface area contributed by atoms with Crippen LogP contribution in [0.4, 0.5) is 0 Å². The van der Waals surface area contributed by atoms with Crippen LogP contribution in [0.15, 0.2) is 10.2 Å². The van der Waals surface area contributed by atoms with E-state index in [4.69, 9.17) is 0 Å². The summed E-state index contributed by atoms with van der Waals surface area (Å²) in [7, 11) is 7.92. The highest BCUT2D eigenvalue weighted by Gasteiger charge is 2.38. The number of nitrogens with zero attached hydrogens (tertiary/aromatic N) is 6. The van der Waals surface area contributed by atoms with Gasteiger partial charge in [-0.3, -0.25) is 0 Å². The molecule has 0 heterocycles. The van der Waals surface area contributed by atoms with Crippen molar-refractivity contribution in [2.75, 3.05) is 28.2 Å². The van der Waals surface area contributed by atoms with Crippen molar-refractivity contribution in [3.05, 3.63) is 0 Å². The minimum atomic E-state index is -0.964. The van der Waals surface area contributed by atoms with E-state index in [9.17, 15) is 10.5 Å². The van der Waals surface area contributed by atoms with Crippen LogP contribution in [0, 0.1) is 22.7 Å². The van der Waals surface area contributed by atoms with Crippen molar-refractivity contribution < 1.29 is 0 Å². The van der Waals surface area contributed by atoms with Gasteiger partial charge in [-0.2, -0.15) is 20.8 Å². The molecule has 0 amide bonds. The van der Waals surface area contributed by atoms with Crippen molar-refractivity contribution in [2.24, 2.45) is 10.2 Å². The summed E-state index contributed by atoms with van der Waals surface area (Å²) in [6.07, 6.45) is 1.07. The van der Waals surface area contributed by atoms with Crippen molar-refractivity contribution in [1.29, 1.82) is 10.5 Å². The fourth-order valence-electron chi connectivity index (χ4n) is 2.42. The standard InChI is InChI=1S/C18H34N6/c1-15(2,23(7)8)11-17(5,13-19)21-22-18(6,14-20)12-16(3,4)24(9)10/h11-12H2,1-10H3. The first-order valence-electron chi connectivity index (χ1n) is 8.24. The smallest absolute Gasteiger partial charge is 0.166 e. The van der Waals surface area contributed by atoms with E-state index in [1.54, 1.807) is 13.8 Å².